The van der Waals surface area contributed by atoms with Gasteiger partial charge in [0.15, 0.2) is 6.17 Å². The maximum absolute atomic E-state index is 15.3. The molecule has 1 unspecified atom stereocenters. The van der Waals surface area contributed by atoms with Gasteiger partial charge in [0.25, 0.3) is 0 Å². The molecule has 3 aliphatic rings. The van der Waals surface area contributed by atoms with Crippen LogP contribution in [0.15, 0.2) is 60.7 Å². The molecule has 0 aromatic heterocycles. The number of hydrogen-bond acceptors (Lipinski definition) is 4. The Balaban J connectivity index is 1.65. The molecule has 1 fully saturated rings. The quantitative estimate of drug-likeness (QED) is 0.627. The Bertz CT molecular complexity index is 932. The van der Waals surface area contributed by atoms with E-state index in [0.29, 0.717) is 11.1 Å². The topological polar surface area (TPSA) is 69.9 Å². The lowest BCUT2D eigenvalue weighted by molar-refractivity contribution is -0.181. The maximum Gasteiger partial charge on any atom is 0.153 e. The van der Waals surface area contributed by atoms with E-state index in [1.54, 1.807) is 12.1 Å². The average molecular weight is 400 g/mol. The lowest BCUT2D eigenvalue weighted by Crippen LogP contribution is -2.47. The highest BCUT2D eigenvalue weighted by Gasteiger charge is 2.37. The van der Waals surface area contributed by atoms with E-state index in [1.165, 1.54) is 18.2 Å². The fraction of sp³-hybridized carbons (Fsp3) is 0.304. The third kappa shape index (κ3) is 3.89. The highest BCUT2D eigenvalue weighted by molar-refractivity contribution is 5.68. The van der Waals surface area contributed by atoms with Crippen LogP contribution in [-0.4, -0.2) is 40.2 Å². The van der Waals surface area contributed by atoms with Crippen molar-refractivity contribution in [2.45, 2.75) is 37.0 Å². The molecule has 0 saturated carbocycles. The number of ether oxygens (including phenoxy) is 1. The second kappa shape index (κ2) is 8.16. The first-order valence-corrected chi connectivity index (χ1v) is 9.52. The van der Waals surface area contributed by atoms with Gasteiger partial charge in [-0.15, -0.1) is 0 Å². The summed E-state index contributed by atoms with van der Waals surface area (Å²) in [5.74, 6) is -0.674. The summed E-state index contributed by atoms with van der Waals surface area (Å²) in [6.45, 7) is -0.466. The fourth-order valence-corrected chi connectivity index (χ4v) is 3.84. The first-order chi connectivity index (χ1) is 14.0. The summed E-state index contributed by atoms with van der Waals surface area (Å²) in [5, 5.41) is 29.3. The minimum Gasteiger partial charge on any atom is -0.394 e. The monoisotopic (exact) mass is 400 g/mol. The molecule has 5 atom stereocenters. The van der Waals surface area contributed by atoms with Crippen LogP contribution in [0.5, 0.6) is 0 Å². The number of halogens is 2. The lowest BCUT2D eigenvalue weighted by atomic mass is 9.92. The number of hydrogen-bond donors (Lipinski definition) is 3. The van der Waals surface area contributed by atoms with Gasteiger partial charge in [0, 0.05) is 12.0 Å². The molecule has 2 aliphatic carbocycles. The fourth-order valence-electron chi connectivity index (χ4n) is 3.84. The molecule has 6 heteroatoms. The van der Waals surface area contributed by atoms with Crippen LogP contribution in [0.2, 0.25) is 0 Å². The summed E-state index contributed by atoms with van der Waals surface area (Å²) >= 11 is 0. The molecule has 152 valence electrons. The lowest BCUT2D eigenvalue weighted by Gasteiger charge is -2.36. The van der Waals surface area contributed by atoms with Gasteiger partial charge in [0.2, 0.25) is 0 Å². The van der Waals surface area contributed by atoms with Crippen LogP contribution < -0.4 is 0 Å². The number of rotatable bonds is 4. The first kappa shape index (κ1) is 19.9. The van der Waals surface area contributed by atoms with Crippen LogP contribution in [0, 0.1) is 5.82 Å². The number of fused-ring (bicyclic) bond motifs is 1. The van der Waals surface area contributed by atoms with Crippen molar-refractivity contribution in [2.24, 2.45) is 0 Å². The number of alkyl halides is 1. The molecule has 29 heavy (non-hydrogen) atoms. The molecule has 1 aromatic carbocycles. The van der Waals surface area contributed by atoms with Crippen LogP contribution in [-0.2, 0) is 4.74 Å². The van der Waals surface area contributed by atoms with E-state index < -0.39 is 43.0 Å². The number of aliphatic hydroxyl groups excluding tert-OH is 3. The summed E-state index contributed by atoms with van der Waals surface area (Å²) in [6.07, 6.45) is -5.55. The molecule has 1 aromatic rings. The molecule has 1 aliphatic heterocycles. The van der Waals surface area contributed by atoms with Crippen LogP contribution in [0.3, 0.4) is 0 Å². The highest BCUT2D eigenvalue weighted by atomic mass is 19.1. The van der Waals surface area contributed by atoms with Gasteiger partial charge in [-0.2, -0.15) is 0 Å². The summed E-state index contributed by atoms with van der Waals surface area (Å²) < 4.78 is 35.4. The smallest absolute Gasteiger partial charge is 0.153 e. The van der Waals surface area contributed by atoms with Gasteiger partial charge in [-0.1, -0.05) is 36.4 Å². The van der Waals surface area contributed by atoms with Crippen molar-refractivity contribution in [1.82, 2.24) is 0 Å². The van der Waals surface area contributed by atoms with E-state index in [-0.39, 0.29) is 12.0 Å². The Morgan fingerprint density at radius 3 is 2.34 bits per heavy atom. The summed E-state index contributed by atoms with van der Waals surface area (Å²) in [5.41, 5.74) is 2.45. The molecule has 0 amide bonds. The summed E-state index contributed by atoms with van der Waals surface area (Å²) in [7, 11) is 0. The molecule has 1 saturated heterocycles. The predicted octanol–water partition coefficient (Wildman–Crippen LogP) is 3.53. The zero-order chi connectivity index (χ0) is 20.5. The summed E-state index contributed by atoms with van der Waals surface area (Å²) in [4.78, 5) is 0. The standard InChI is InChI=1S/C23H22F2O4/c24-18-7-6-15(20-11-19(27)23(28)21(12-26)29-20)10-17(18)22(25)16-8-13-4-2-1-3-5-14(13)9-16/h1-10,19-23,26-28H,11-12H2/t19-,20-,21-,22?,23+/m1/s1. The van der Waals surface area contributed by atoms with Gasteiger partial charge in [0.1, 0.15) is 18.0 Å². The number of aliphatic hydroxyl groups is 3. The second-order valence-corrected chi connectivity index (χ2v) is 7.39. The van der Waals surface area contributed by atoms with Gasteiger partial charge in [0.05, 0.1) is 18.8 Å². The van der Waals surface area contributed by atoms with Gasteiger partial charge in [-0.05, 0) is 46.5 Å². The molecule has 0 radical (unpaired) electrons. The van der Waals surface area contributed by atoms with Crippen molar-refractivity contribution in [3.63, 3.8) is 0 Å². The minimum absolute atomic E-state index is 0.0659. The van der Waals surface area contributed by atoms with Crippen LogP contribution >= 0.6 is 0 Å². The third-order valence-corrected chi connectivity index (χ3v) is 5.46. The molecular weight excluding hydrogens is 378 g/mol. The van der Waals surface area contributed by atoms with Crippen molar-refractivity contribution >= 4 is 0 Å². The van der Waals surface area contributed by atoms with Gasteiger partial charge in [-0.3, -0.25) is 0 Å². The van der Waals surface area contributed by atoms with E-state index in [1.807, 2.05) is 30.3 Å². The minimum atomic E-state index is -1.67. The van der Waals surface area contributed by atoms with E-state index >= 15 is 4.39 Å². The van der Waals surface area contributed by atoms with E-state index in [4.69, 9.17) is 4.74 Å². The molecule has 0 spiro atoms. The van der Waals surface area contributed by atoms with Crippen molar-refractivity contribution < 1.29 is 28.8 Å². The van der Waals surface area contributed by atoms with Crippen molar-refractivity contribution in [2.75, 3.05) is 6.61 Å². The SMILES string of the molecule is OC[C@H]1O[C@@H](c2ccc(F)c(C(F)c3cc4cccccc-4c3)c2)C[C@@H](O)[C@@H]1O. The van der Waals surface area contributed by atoms with Crippen LogP contribution in [0.25, 0.3) is 11.1 Å². The second-order valence-electron chi connectivity index (χ2n) is 7.39. The van der Waals surface area contributed by atoms with E-state index in [9.17, 15) is 19.7 Å². The van der Waals surface area contributed by atoms with Crippen molar-refractivity contribution in [3.05, 3.63) is 83.2 Å². The zero-order valence-electron chi connectivity index (χ0n) is 15.6. The van der Waals surface area contributed by atoms with Crippen molar-refractivity contribution in [1.29, 1.82) is 0 Å². The average Bonchev–Trinajstić information content (AvgIpc) is 3.00. The van der Waals surface area contributed by atoms with E-state index in [0.717, 1.165) is 11.1 Å². The predicted molar refractivity (Wildman–Crippen MR) is 104 cm³/mol. The Hall–Kier alpha value is -2.38. The molecule has 1 heterocycles. The van der Waals surface area contributed by atoms with Gasteiger partial charge < -0.3 is 20.1 Å². The van der Waals surface area contributed by atoms with E-state index in [2.05, 4.69) is 0 Å². The van der Waals surface area contributed by atoms with Crippen LogP contribution in [0.4, 0.5) is 8.78 Å². The highest BCUT2D eigenvalue weighted by Crippen LogP contribution is 2.38. The number of benzene rings is 1. The normalized spacial score (nSPS) is 25.8. The Kier molecular flexibility index (Phi) is 5.61. The first-order valence-electron chi connectivity index (χ1n) is 9.52. The molecule has 4 nitrogen and oxygen atoms in total. The Labute approximate surface area is 167 Å². The van der Waals surface area contributed by atoms with Gasteiger partial charge in [-0.25, -0.2) is 8.78 Å². The third-order valence-electron chi connectivity index (χ3n) is 5.46. The van der Waals surface area contributed by atoms with Crippen LogP contribution in [0.1, 0.15) is 35.4 Å². The molecular formula is C23H22F2O4. The largest absolute Gasteiger partial charge is 0.394 e. The molecule has 3 N–H and O–H groups in total. The molecule has 4 rings (SSSR count). The Morgan fingerprint density at radius 2 is 1.69 bits per heavy atom. The summed E-state index contributed by atoms with van der Waals surface area (Å²) in [6, 6.07) is 16.8. The molecule has 0 bridgehead atoms. The zero-order valence-corrected chi connectivity index (χ0v) is 15.6. The Morgan fingerprint density at radius 1 is 1.00 bits per heavy atom. The van der Waals surface area contributed by atoms with Crippen molar-refractivity contribution in [3.8, 4) is 11.1 Å². The van der Waals surface area contributed by atoms with Gasteiger partial charge >= 0.3 is 0 Å². The maximum atomic E-state index is 15.3.